The lowest BCUT2D eigenvalue weighted by molar-refractivity contribution is -0.132. The topological polar surface area (TPSA) is 69.7 Å². The number of nitrogens with zero attached hydrogens (tertiary/aromatic N) is 2. The largest absolute Gasteiger partial charge is 0.338 e. The second-order valence-corrected chi connectivity index (χ2v) is 9.28. The van der Waals surface area contributed by atoms with E-state index in [9.17, 15) is 14.4 Å². The van der Waals surface area contributed by atoms with E-state index >= 15 is 0 Å². The predicted octanol–water partition coefficient (Wildman–Crippen LogP) is 2.42. The fourth-order valence-corrected chi connectivity index (χ4v) is 5.58. The van der Waals surface area contributed by atoms with E-state index in [1.54, 1.807) is 0 Å². The molecule has 0 saturated carbocycles. The van der Waals surface area contributed by atoms with E-state index in [0.29, 0.717) is 38.9 Å². The van der Waals surface area contributed by atoms with E-state index in [1.165, 1.54) is 10.5 Å². The van der Waals surface area contributed by atoms with Crippen LogP contribution in [-0.4, -0.2) is 57.8 Å². The lowest BCUT2D eigenvalue weighted by atomic mass is 9.92. The minimum absolute atomic E-state index is 0.00484. The smallest absolute Gasteiger partial charge is 0.325 e. The normalized spacial score (nSPS) is 24.3. The maximum absolute atomic E-state index is 12.9. The minimum Gasteiger partial charge on any atom is -0.338 e. The molecule has 0 aliphatic carbocycles. The quantitative estimate of drug-likeness (QED) is 0.770. The lowest BCUT2D eigenvalue weighted by Crippen LogP contribution is -2.49. The summed E-state index contributed by atoms with van der Waals surface area (Å²) in [7, 11) is 0. The molecule has 3 fully saturated rings. The second kappa shape index (κ2) is 7.78. The third-order valence-electron chi connectivity index (χ3n) is 6.13. The zero-order valence-electron chi connectivity index (χ0n) is 16.3. The van der Waals surface area contributed by atoms with Gasteiger partial charge >= 0.3 is 6.03 Å². The first-order valence-electron chi connectivity index (χ1n) is 10.1. The highest BCUT2D eigenvalue weighted by Gasteiger charge is 2.52. The Hall–Kier alpha value is -2.02. The summed E-state index contributed by atoms with van der Waals surface area (Å²) in [6.07, 6.45) is 2.79. The molecule has 4 amide bonds. The van der Waals surface area contributed by atoms with Crippen molar-refractivity contribution in [2.24, 2.45) is 5.92 Å². The third kappa shape index (κ3) is 3.64. The zero-order valence-corrected chi connectivity index (χ0v) is 17.1. The van der Waals surface area contributed by atoms with Crippen molar-refractivity contribution in [2.45, 2.75) is 44.7 Å². The fourth-order valence-electron chi connectivity index (χ4n) is 4.39. The monoisotopic (exact) mass is 401 g/mol. The van der Waals surface area contributed by atoms with E-state index in [1.807, 2.05) is 16.7 Å². The molecule has 150 valence electrons. The van der Waals surface area contributed by atoms with Gasteiger partial charge in [-0.3, -0.25) is 14.5 Å². The van der Waals surface area contributed by atoms with E-state index < -0.39 is 5.54 Å². The van der Waals surface area contributed by atoms with Gasteiger partial charge in [0.05, 0.1) is 0 Å². The standard InChI is InChI=1S/C21H27N3O3S/c1-2-15-3-5-16(6-4-15)12-23-13-17(11-18(23)25)14-24-19(26)21(22-20(24)27)7-9-28-10-8-21/h3-6,17H,2,7-14H2,1H3,(H,22,27). The molecule has 0 radical (unpaired) electrons. The summed E-state index contributed by atoms with van der Waals surface area (Å²) in [5.41, 5.74) is 1.69. The van der Waals surface area contributed by atoms with Gasteiger partial charge in [-0.05, 0) is 41.9 Å². The number of likely N-dealkylation sites (tertiary alicyclic amines) is 1. The van der Waals surface area contributed by atoms with Gasteiger partial charge in [0.1, 0.15) is 5.54 Å². The van der Waals surface area contributed by atoms with E-state index in [2.05, 4.69) is 36.5 Å². The van der Waals surface area contributed by atoms with Gasteiger partial charge in [0, 0.05) is 32.0 Å². The number of imide groups is 1. The maximum Gasteiger partial charge on any atom is 0.325 e. The molecule has 4 rings (SSSR count). The molecule has 1 aromatic rings. The molecule has 1 unspecified atom stereocenters. The molecular weight excluding hydrogens is 374 g/mol. The minimum atomic E-state index is -0.703. The van der Waals surface area contributed by atoms with Crippen LogP contribution in [0.25, 0.3) is 0 Å². The Labute approximate surface area is 170 Å². The number of carbonyl (C=O) groups is 3. The summed E-state index contributed by atoms with van der Waals surface area (Å²) < 4.78 is 0. The fraction of sp³-hybridized carbons (Fsp3) is 0.571. The summed E-state index contributed by atoms with van der Waals surface area (Å²) in [6, 6.07) is 8.05. The van der Waals surface area contributed by atoms with Gasteiger partial charge in [0.2, 0.25) is 5.91 Å². The molecular formula is C21H27N3O3S. The molecule has 3 aliphatic rings. The highest BCUT2D eigenvalue weighted by molar-refractivity contribution is 7.99. The van der Waals surface area contributed by atoms with Crippen molar-refractivity contribution in [3.63, 3.8) is 0 Å². The Bertz CT molecular complexity index is 774. The van der Waals surface area contributed by atoms with Crippen molar-refractivity contribution in [2.75, 3.05) is 24.6 Å². The predicted molar refractivity (Wildman–Crippen MR) is 109 cm³/mol. The van der Waals surface area contributed by atoms with Crippen molar-refractivity contribution in [1.82, 2.24) is 15.1 Å². The second-order valence-electron chi connectivity index (χ2n) is 8.05. The molecule has 28 heavy (non-hydrogen) atoms. The van der Waals surface area contributed by atoms with Crippen LogP contribution in [0.15, 0.2) is 24.3 Å². The summed E-state index contributed by atoms with van der Waals surface area (Å²) >= 11 is 1.82. The Morgan fingerprint density at radius 3 is 2.46 bits per heavy atom. The molecule has 0 bridgehead atoms. The number of rotatable bonds is 5. The van der Waals surface area contributed by atoms with Crippen LogP contribution in [0.4, 0.5) is 4.79 Å². The number of hydrogen-bond acceptors (Lipinski definition) is 4. The van der Waals surface area contributed by atoms with Gasteiger partial charge in [-0.2, -0.15) is 11.8 Å². The van der Waals surface area contributed by atoms with Crippen LogP contribution < -0.4 is 5.32 Å². The lowest BCUT2D eigenvalue weighted by Gasteiger charge is -2.30. The first-order chi connectivity index (χ1) is 13.5. The molecule has 1 spiro atoms. The number of nitrogens with one attached hydrogen (secondary N) is 1. The molecule has 3 heterocycles. The van der Waals surface area contributed by atoms with Crippen molar-refractivity contribution in [3.05, 3.63) is 35.4 Å². The molecule has 6 nitrogen and oxygen atoms in total. The number of amides is 4. The zero-order chi connectivity index (χ0) is 19.7. The number of carbonyl (C=O) groups excluding carboxylic acids is 3. The number of urea groups is 1. The van der Waals surface area contributed by atoms with E-state index in [4.69, 9.17) is 0 Å². The maximum atomic E-state index is 12.9. The highest BCUT2D eigenvalue weighted by atomic mass is 32.2. The molecule has 1 N–H and O–H groups in total. The van der Waals surface area contributed by atoms with E-state index in [0.717, 1.165) is 23.5 Å². The number of thioether (sulfide) groups is 1. The first kappa shape index (κ1) is 19.3. The van der Waals surface area contributed by atoms with Crippen LogP contribution in [0.2, 0.25) is 0 Å². The van der Waals surface area contributed by atoms with Crippen LogP contribution in [0.5, 0.6) is 0 Å². The Morgan fingerprint density at radius 2 is 1.79 bits per heavy atom. The van der Waals surface area contributed by atoms with Crippen LogP contribution in [0.1, 0.15) is 37.3 Å². The molecule has 0 aromatic heterocycles. The van der Waals surface area contributed by atoms with E-state index in [-0.39, 0.29) is 23.8 Å². The van der Waals surface area contributed by atoms with Crippen LogP contribution in [-0.2, 0) is 22.6 Å². The Kier molecular flexibility index (Phi) is 5.36. The van der Waals surface area contributed by atoms with Gasteiger partial charge < -0.3 is 10.2 Å². The third-order valence-corrected chi connectivity index (χ3v) is 7.12. The van der Waals surface area contributed by atoms with Gasteiger partial charge in [0.25, 0.3) is 5.91 Å². The van der Waals surface area contributed by atoms with Gasteiger partial charge in [-0.25, -0.2) is 4.79 Å². The number of hydrogen-bond donors (Lipinski definition) is 1. The van der Waals surface area contributed by atoms with Crippen LogP contribution in [0, 0.1) is 5.92 Å². The summed E-state index contributed by atoms with van der Waals surface area (Å²) in [4.78, 5) is 41.0. The van der Waals surface area contributed by atoms with Crippen molar-refractivity contribution < 1.29 is 14.4 Å². The molecule has 3 saturated heterocycles. The molecule has 1 aromatic carbocycles. The summed E-state index contributed by atoms with van der Waals surface area (Å²) in [5, 5.41) is 2.94. The molecule has 7 heteroatoms. The Balaban J connectivity index is 1.37. The van der Waals surface area contributed by atoms with Crippen molar-refractivity contribution in [3.8, 4) is 0 Å². The SMILES string of the molecule is CCc1ccc(CN2CC(CN3C(=O)NC4(CCSCC4)C3=O)CC2=O)cc1. The van der Waals surface area contributed by atoms with Gasteiger partial charge in [-0.15, -0.1) is 0 Å². The first-order valence-corrected chi connectivity index (χ1v) is 11.2. The average molecular weight is 402 g/mol. The van der Waals surface area contributed by atoms with Gasteiger partial charge in [0.15, 0.2) is 0 Å². The van der Waals surface area contributed by atoms with Crippen molar-refractivity contribution in [1.29, 1.82) is 0 Å². The van der Waals surface area contributed by atoms with Crippen LogP contribution in [0.3, 0.4) is 0 Å². The molecule has 1 atom stereocenters. The van der Waals surface area contributed by atoms with Crippen LogP contribution >= 0.6 is 11.8 Å². The Morgan fingerprint density at radius 1 is 1.11 bits per heavy atom. The molecule has 3 aliphatic heterocycles. The highest BCUT2D eigenvalue weighted by Crippen LogP contribution is 2.33. The average Bonchev–Trinajstić information content (AvgIpc) is 3.15. The summed E-state index contributed by atoms with van der Waals surface area (Å²) in [6.45, 7) is 3.63. The number of benzene rings is 1. The number of aryl methyl sites for hydroxylation is 1. The summed E-state index contributed by atoms with van der Waals surface area (Å²) in [5.74, 6) is 1.79. The van der Waals surface area contributed by atoms with Crippen molar-refractivity contribution >= 4 is 29.6 Å². The van der Waals surface area contributed by atoms with Gasteiger partial charge in [-0.1, -0.05) is 31.2 Å².